The van der Waals surface area contributed by atoms with Crippen LogP contribution in [0.4, 0.5) is 4.79 Å². The molecule has 2 amide bonds. The van der Waals surface area contributed by atoms with Gasteiger partial charge in [-0.1, -0.05) is 0 Å². The van der Waals surface area contributed by atoms with Gasteiger partial charge in [0, 0.05) is 32.7 Å². The van der Waals surface area contributed by atoms with Crippen molar-refractivity contribution in [1.29, 1.82) is 0 Å². The lowest BCUT2D eigenvalue weighted by Crippen LogP contribution is -2.49. The van der Waals surface area contributed by atoms with E-state index in [2.05, 4.69) is 5.32 Å². The number of hydrogen-bond donors (Lipinski definition) is 1. The first-order valence-corrected chi connectivity index (χ1v) is 8.46. The van der Waals surface area contributed by atoms with Crippen LogP contribution >= 0.6 is 0 Å². The minimum absolute atomic E-state index is 0.0778. The second kappa shape index (κ2) is 5.66. The number of carbonyl (C=O) groups is 1. The zero-order chi connectivity index (χ0) is 14.0. The summed E-state index contributed by atoms with van der Waals surface area (Å²) in [4.78, 5) is 13.3. The van der Waals surface area contributed by atoms with E-state index >= 15 is 0 Å². The maximum Gasteiger partial charge on any atom is 0.317 e. The molecule has 0 atom stereocenters. The Hall–Kier alpha value is -0.820. The molecule has 110 valence electrons. The van der Waals surface area contributed by atoms with E-state index in [1.54, 1.807) is 16.3 Å². The minimum atomic E-state index is -3.05. The standard InChI is InChI=1S/C12H23N3O3S/c1-3-14(2)12(16)13-10-6-8-15(9-7-10)19(17,18)11-4-5-11/h10-11H,3-9H2,1-2H3,(H,13,16). The van der Waals surface area contributed by atoms with Crippen molar-refractivity contribution in [1.82, 2.24) is 14.5 Å². The number of amides is 2. The van der Waals surface area contributed by atoms with Gasteiger partial charge in [0.1, 0.15) is 0 Å². The van der Waals surface area contributed by atoms with Gasteiger partial charge in [0.25, 0.3) is 0 Å². The Kier molecular flexibility index (Phi) is 4.35. The molecule has 2 rings (SSSR count). The van der Waals surface area contributed by atoms with E-state index in [1.165, 1.54) is 0 Å². The molecule has 0 unspecified atom stereocenters. The smallest absolute Gasteiger partial charge is 0.317 e. The Labute approximate surface area is 115 Å². The highest BCUT2D eigenvalue weighted by Crippen LogP contribution is 2.32. The summed E-state index contributed by atoms with van der Waals surface area (Å²) >= 11 is 0. The highest BCUT2D eigenvalue weighted by Gasteiger charge is 2.41. The maximum absolute atomic E-state index is 12.1. The van der Waals surface area contributed by atoms with Crippen molar-refractivity contribution in [3.05, 3.63) is 0 Å². The van der Waals surface area contributed by atoms with Crippen LogP contribution in [0, 0.1) is 0 Å². The molecule has 19 heavy (non-hydrogen) atoms. The third-order valence-corrected chi connectivity index (χ3v) is 6.31. The second-order valence-electron chi connectivity index (χ2n) is 5.38. The second-order valence-corrected chi connectivity index (χ2v) is 7.59. The van der Waals surface area contributed by atoms with Crippen LogP contribution in [0.1, 0.15) is 32.6 Å². The summed E-state index contributed by atoms with van der Waals surface area (Å²) in [6.45, 7) is 3.64. The molecule has 6 nitrogen and oxygen atoms in total. The zero-order valence-corrected chi connectivity index (χ0v) is 12.4. The summed E-state index contributed by atoms with van der Waals surface area (Å²) in [5, 5.41) is 2.82. The Morgan fingerprint density at radius 1 is 1.26 bits per heavy atom. The van der Waals surface area contributed by atoms with Crippen LogP contribution in [0.5, 0.6) is 0 Å². The van der Waals surface area contributed by atoms with Crippen molar-refractivity contribution in [3.63, 3.8) is 0 Å². The lowest BCUT2D eigenvalue weighted by Gasteiger charge is -2.32. The number of rotatable bonds is 4. The van der Waals surface area contributed by atoms with Crippen LogP contribution in [-0.4, -0.2) is 61.6 Å². The lowest BCUT2D eigenvalue weighted by molar-refractivity contribution is 0.199. The molecule has 1 heterocycles. The molecule has 1 saturated heterocycles. The van der Waals surface area contributed by atoms with Crippen molar-refractivity contribution < 1.29 is 13.2 Å². The quantitative estimate of drug-likeness (QED) is 0.824. The van der Waals surface area contributed by atoms with Crippen LogP contribution < -0.4 is 5.32 Å². The fourth-order valence-corrected chi connectivity index (χ4v) is 4.13. The molecule has 0 aromatic carbocycles. The summed E-state index contributed by atoms with van der Waals surface area (Å²) < 4.78 is 25.7. The van der Waals surface area contributed by atoms with E-state index in [0.717, 1.165) is 12.8 Å². The topological polar surface area (TPSA) is 69.7 Å². The van der Waals surface area contributed by atoms with Gasteiger partial charge in [-0.2, -0.15) is 0 Å². The largest absolute Gasteiger partial charge is 0.335 e. The normalized spacial score (nSPS) is 22.2. The van der Waals surface area contributed by atoms with E-state index in [1.807, 2.05) is 6.92 Å². The van der Waals surface area contributed by atoms with Crippen LogP contribution in [-0.2, 0) is 10.0 Å². The average Bonchev–Trinajstić information content (AvgIpc) is 3.23. The highest BCUT2D eigenvalue weighted by molar-refractivity contribution is 7.90. The maximum atomic E-state index is 12.1. The number of piperidine rings is 1. The van der Waals surface area contributed by atoms with Gasteiger partial charge in [0.2, 0.25) is 10.0 Å². The van der Waals surface area contributed by atoms with Gasteiger partial charge < -0.3 is 10.2 Å². The summed E-state index contributed by atoms with van der Waals surface area (Å²) in [7, 11) is -1.30. The molecular weight excluding hydrogens is 266 g/mol. The third kappa shape index (κ3) is 3.39. The molecule has 0 aromatic rings. The van der Waals surface area contributed by atoms with Gasteiger partial charge in [-0.05, 0) is 32.6 Å². The Morgan fingerprint density at radius 3 is 2.32 bits per heavy atom. The van der Waals surface area contributed by atoms with Gasteiger partial charge >= 0.3 is 6.03 Å². The summed E-state index contributed by atoms with van der Waals surface area (Å²) in [5.41, 5.74) is 0. The van der Waals surface area contributed by atoms with E-state index < -0.39 is 10.0 Å². The predicted molar refractivity (Wildman–Crippen MR) is 73.4 cm³/mol. The Balaban J connectivity index is 1.81. The summed E-state index contributed by atoms with van der Waals surface area (Å²) in [6.07, 6.45) is 3.02. The van der Waals surface area contributed by atoms with E-state index in [-0.39, 0.29) is 17.3 Å². The van der Waals surface area contributed by atoms with Gasteiger partial charge in [-0.15, -0.1) is 0 Å². The van der Waals surface area contributed by atoms with Crippen molar-refractivity contribution in [3.8, 4) is 0 Å². The monoisotopic (exact) mass is 289 g/mol. The van der Waals surface area contributed by atoms with Crippen LogP contribution in [0.15, 0.2) is 0 Å². The number of carbonyl (C=O) groups excluding carboxylic acids is 1. The van der Waals surface area contributed by atoms with Gasteiger partial charge in [0.05, 0.1) is 5.25 Å². The molecule has 2 fully saturated rings. The molecule has 1 aliphatic carbocycles. The van der Waals surface area contributed by atoms with Gasteiger partial charge in [-0.25, -0.2) is 17.5 Å². The summed E-state index contributed by atoms with van der Waals surface area (Å²) in [5.74, 6) is 0. The first kappa shape index (κ1) is 14.6. The van der Waals surface area contributed by atoms with Crippen LogP contribution in [0.2, 0.25) is 0 Å². The molecule has 1 N–H and O–H groups in total. The number of urea groups is 1. The van der Waals surface area contributed by atoms with E-state index in [9.17, 15) is 13.2 Å². The molecule has 7 heteroatoms. The molecule has 1 aliphatic heterocycles. The number of sulfonamides is 1. The zero-order valence-electron chi connectivity index (χ0n) is 11.6. The Morgan fingerprint density at radius 2 is 1.84 bits per heavy atom. The van der Waals surface area contributed by atoms with Crippen molar-refractivity contribution in [2.45, 2.75) is 43.9 Å². The minimum Gasteiger partial charge on any atom is -0.335 e. The van der Waals surface area contributed by atoms with Crippen molar-refractivity contribution >= 4 is 16.1 Å². The van der Waals surface area contributed by atoms with Gasteiger partial charge in [-0.3, -0.25) is 0 Å². The fourth-order valence-electron chi connectivity index (χ4n) is 2.26. The van der Waals surface area contributed by atoms with E-state index in [0.29, 0.717) is 32.5 Å². The molecule has 0 radical (unpaired) electrons. The molecule has 0 bridgehead atoms. The van der Waals surface area contributed by atoms with E-state index in [4.69, 9.17) is 0 Å². The average molecular weight is 289 g/mol. The number of nitrogens with one attached hydrogen (secondary N) is 1. The van der Waals surface area contributed by atoms with Crippen molar-refractivity contribution in [2.75, 3.05) is 26.7 Å². The first-order chi connectivity index (χ1) is 8.95. The molecule has 0 spiro atoms. The lowest BCUT2D eigenvalue weighted by atomic mass is 10.1. The van der Waals surface area contributed by atoms with Crippen molar-refractivity contribution in [2.24, 2.45) is 0 Å². The summed E-state index contributed by atoms with van der Waals surface area (Å²) in [6, 6.07) is 0.0122. The molecule has 1 saturated carbocycles. The Bertz CT molecular complexity index is 426. The molecule has 0 aromatic heterocycles. The predicted octanol–water partition coefficient (Wildman–Crippen LogP) is 0.604. The van der Waals surface area contributed by atoms with Crippen LogP contribution in [0.25, 0.3) is 0 Å². The SMILES string of the molecule is CCN(C)C(=O)NC1CCN(S(=O)(=O)C2CC2)CC1. The first-order valence-electron chi connectivity index (χ1n) is 6.95. The number of nitrogens with zero attached hydrogens (tertiary/aromatic N) is 2. The third-order valence-electron chi connectivity index (χ3n) is 3.91. The number of hydrogen-bond acceptors (Lipinski definition) is 3. The highest BCUT2D eigenvalue weighted by atomic mass is 32.2. The fraction of sp³-hybridized carbons (Fsp3) is 0.917. The molecule has 2 aliphatic rings. The molecular formula is C12H23N3O3S. The van der Waals surface area contributed by atoms with Crippen LogP contribution in [0.3, 0.4) is 0 Å². The van der Waals surface area contributed by atoms with Gasteiger partial charge in [0.15, 0.2) is 0 Å².